The molecule has 0 saturated heterocycles. The fourth-order valence-corrected chi connectivity index (χ4v) is 0.997. The van der Waals surface area contributed by atoms with Crippen molar-refractivity contribution < 1.29 is 9.90 Å². The predicted octanol–water partition coefficient (Wildman–Crippen LogP) is 1.90. The maximum absolute atomic E-state index is 11.3. The largest absolute Gasteiger partial charge is 0.396 e. The zero-order valence-corrected chi connectivity index (χ0v) is 8.18. The van der Waals surface area contributed by atoms with Crippen molar-refractivity contribution in [2.75, 3.05) is 6.61 Å². The Bertz CT molecular complexity index is 314. The monoisotopic (exact) mass is 190 g/mol. The zero-order chi connectivity index (χ0) is 10.4. The van der Waals surface area contributed by atoms with Crippen molar-refractivity contribution in [1.29, 1.82) is 0 Å². The molecule has 2 nitrogen and oxygen atoms in total. The van der Waals surface area contributed by atoms with Crippen LogP contribution in [0.3, 0.4) is 0 Å². The van der Waals surface area contributed by atoms with E-state index in [9.17, 15) is 4.79 Å². The first kappa shape index (κ1) is 10.7. The molecule has 1 unspecified atom stereocenters. The Kier molecular flexibility index (Phi) is 4.08. The fraction of sp³-hybridized carbons (Fsp3) is 0.250. The lowest BCUT2D eigenvalue weighted by atomic mass is 10.1. The third-order valence-electron chi connectivity index (χ3n) is 2.00. The van der Waals surface area contributed by atoms with Gasteiger partial charge in [-0.05, 0) is 11.6 Å². The highest BCUT2D eigenvalue weighted by Crippen LogP contribution is 2.03. The van der Waals surface area contributed by atoms with Crippen LogP contribution < -0.4 is 0 Å². The minimum Gasteiger partial charge on any atom is -0.396 e. The third kappa shape index (κ3) is 3.15. The van der Waals surface area contributed by atoms with Crippen molar-refractivity contribution in [3.63, 3.8) is 0 Å². The van der Waals surface area contributed by atoms with Crippen LogP contribution in [0.15, 0.2) is 36.4 Å². The molecule has 1 N–H and O–H groups in total. The van der Waals surface area contributed by atoms with Crippen LogP contribution >= 0.6 is 0 Å². The Balaban J connectivity index is 2.61. The third-order valence-corrected chi connectivity index (χ3v) is 2.00. The predicted molar refractivity (Wildman–Crippen MR) is 56.7 cm³/mol. The lowest BCUT2D eigenvalue weighted by Crippen LogP contribution is -2.11. The maximum atomic E-state index is 11.3. The molecule has 0 amide bonds. The first-order chi connectivity index (χ1) is 6.74. The van der Waals surface area contributed by atoms with Crippen molar-refractivity contribution >= 4 is 11.9 Å². The van der Waals surface area contributed by atoms with E-state index in [4.69, 9.17) is 5.11 Å². The second-order valence-electron chi connectivity index (χ2n) is 3.23. The van der Waals surface area contributed by atoms with Crippen LogP contribution in [0.1, 0.15) is 12.5 Å². The normalized spacial score (nSPS) is 13.0. The van der Waals surface area contributed by atoms with Gasteiger partial charge in [-0.1, -0.05) is 43.3 Å². The number of aliphatic hydroxyl groups excluding tert-OH is 1. The van der Waals surface area contributed by atoms with E-state index in [1.807, 2.05) is 30.3 Å². The van der Waals surface area contributed by atoms with E-state index in [0.29, 0.717) is 0 Å². The van der Waals surface area contributed by atoms with Gasteiger partial charge in [0.05, 0.1) is 6.61 Å². The lowest BCUT2D eigenvalue weighted by Gasteiger charge is -2.00. The number of hydrogen-bond donors (Lipinski definition) is 1. The summed E-state index contributed by atoms with van der Waals surface area (Å²) in [4.78, 5) is 11.3. The Labute approximate surface area is 83.9 Å². The van der Waals surface area contributed by atoms with Gasteiger partial charge in [0.25, 0.3) is 0 Å². The summed E-state index contributed by atoms with van der Waals surface area (Å²) in [5.74, 6) is -0.355. The molecule has 2 heteroatoms. The van der Waals surface area contributed by atoms with E-state index in [0.717, 1.165) is 5.56 Å². The highest BCUT2D eigenvalue weighted by molar-refractivity contribution is 5.95. The molecule has 0 heterocycles. The van der Waals surface area contributed by atoms with Gasteiger partial charge in [0, 0.05) is 5.92 Å². The summed E-state index contributed by atoms with van der Waals surface area (Å²) < 4.78 is 0. The average molecular weight is 190 g/mol. The second-order valence-corrected chi connectivity index (χ2v) is 3.23. The van der Waals surface area contributed by atoms with Gasteiger partial charge in [0.15, 0.2) is 5.78 Å². The quantitative estimate of drug-likeness (QED) is 0.736. The van der Waals surface area contributed by atoms with Gasteiger partial charge in [0.2, 0.25) is 0 Å². The SMILES string of the molecule is CC(CO)C(=O)/C=C/c1ccccc1. The van der Waals surface area contributed by atoms with E-state index < -0.39 is 0 Å². The minimum absolute atomic E-state index is 0.0450. The Morgan fingerprint density at radius 2 is 2.07 bits per heavy atom. The van der Waals surface area contributed by atoms with E-state index in [1.165, 1.54) is 6.08 Å². The molecule has 1 atom stereocenters. The highest BCUT2D eigenvalue weighted by atomic mass is 16.3. The molecule has 14 heavy (non-hydrogen) atoms. The van der Waals surface area contributed by atoms with Crippen LogP contribution in [-0.4, -0.2) is 17.5 Å². The average Bonchev–Trinajstić information content (AvgIpc) is 2.26. The van der Waals surface area contributed by atoms with E-state index in [1.54, 1.807) is 13.0 Å². The van der Waals surface area contributed by atoms with Crippen LogP contribution in [0.4, 0.5) is 0 Å². The van der Waals surface area contributed by atoms with Gasteiger partial charge in [-0.3, -0.25) is 4.79 Å². The number of allylic oxidation sites excluding steroid dienone is 1. The highest BCUT2D eigenvalue weighted by Gasteiger charge is 2.06. The number of benzene rings is 1. The molecular formula is C12H14O2. The number of rotatable bonds is 4. The van der Waals surface area contributed by atoms with Crippen LogP contribution in [-0.2, 0) is 4.79 Å². The van der Waals surface area contributed by atoms with Gasteiger partial charge in [-0.25, -0.2) is 0 Å². The topological polar surface area (TPSA) is 37.3 Å². The van der Waals surface area contributed by atoms with Crippen LogP contribution in [0.2, 0.25) is 0 Å². The van der Waals surface area contributed by atoms with Gasteiger partial charge in [-0.2, -0.15) is 0 Å². The minimum atomic E-state index is -0.310. The van der Waals surface area contributed by atoms with Crippen molar-refractivity contribution in [2.45, 2.75) is 6.92 Å². The van der Waals surface area contributed by atoms with Crippen molar-refractivity contribution in [2.24, 2.45) is 5.92 Å². The number of ketones is 1. The maximum Gasteiger partial charge on any atom is 0.160 e. The van der Waals surface area contributed by atoms with E-state index in [-0.39, 0.29) is 18.3 Å². The number of carbonyl (C=O) groups excluding carboxylic acids is 1. The molecule has 0 saturated carbocycles. The van der Waals surface area contributed by atoms with Gasteiger partial charge < -0.3 is 5.11 Å². The molecule has 0 aromatic heterocycles. The summed E-state index contributed by atoms with van der Waals surface area (Å²) in [6.45, 7) is 1.61. The molecule has 0 aliphatic rings. The van der Waals surface area contributed by atoms with Crippen molar-refractivity contribution in [1.82, 2.24) is 0 Å². The Morgan fingerprint density at radius 1 is 1.43 bits per heavy atom. The molecule has 1 aromatic carbocycles. The lowest BCUT2D eigenvalue weighted by molar-refractivity contribution is -0.118. The summed E-state index contributed by atoms with van der Waals surface area (Å²) in [7, 11) is 0. The fourth-order valence-electron chi connectivity index (χ4n) is 0.997. The van der Waals surface area contributed by atoms with Gasteiger partial charge in [-0.15, -0.1) is 0 Å². The first-order valence-electron chi connectivity index (χ1n) is 4.62. The molecule has 0 aliphatic carbocycles. The van der Waals surface area contributed by atoms with E-state index in [2.05, 4.69) is 0 Å². The van der Waals surface area contributed by atoms with Crippen LogP contribution in [0.5, 0.6) is 0 Å². The molecule has 74 valence electrons. The second kappa shape index (κ2) is 5.35. The molecule has 0 aliphatic heterocycles. The standard InChI is InChI=1S/C12H14O2/c1-10(9-13)12(14)8-7-11-5-3-2-4-6-11/h2-8,10,13H,9H2,1H3/b8-7+. The molecule has 0 spiro atoms. The van der Waals surface area contributed by atoms with Crippen molar-refractivity contribution in [3.8, 4) is 0 Å². The smallest absolute Gasteiger partial charge is 0.160 e. The molecule has 0 bridgehead atoms. The van der Waals surface area contributed by atoms with E-state index >= 15 is 0 Å². The Morgan fingerprint density at radius 3 is 2.64 bits per heavy atom. The molecule has 0 fully saturated rings. The number of hydrogen-bond acceptors (Lipinski definition) is 2. The zero-order valence-electron chi connectivity index (χ0n) is 8.18. The molecule has 1 aromatic rings. The van der Waals surface area contributed by atoms with Gasteiger partial charge >= 0.3 is 0 Å². The number of carbonyl (C=O) groups is 1. The summed E-state index contributed by atoms with van der Waals surface area (Å²) in [6, 6.07) is 9.61. The Hall–Kier alpha value is -1.41. The summed E-state index contributed by atoms with van der Waals surface area (Å²) >= 11 is 0. The first-order valence-corrected chi connectivity index (χ1v) is 4.62. The summed E-state index contributed by atoms with van der Waals surface area (Å²) in [5.41, 5.74) is 0.992. The summed E-state index contributed by atoms with van der Waals surface area (Å²) in [5, 5.41) is 8.75. The molecule has 1 rings (SSSR count). The summed E-state index contributed by atoms with van der Waals surface area (Å²) in [6.07, 6.45) is 3.27. The van der Waals surface area contributed by atoms with Crippen LogP contribution in [0, 0.1) is 5.92 Å². The van der Waals surface area contributed by atoms with Gasteiger partial charge in [0.1, 0.15) is 0 Å². The molecular weight excluding hydrogens is 176 g/mol. The van der Waals surface area contributed by atoms with Crippen LogP contribution in [0.25, 0.3) is 6.08 Å². The number of aliphatic hydroxyl groups is 1. The molecule has 0 radical (unpaired) electrons. The van der Waals surface area contributed by atoms with Crippen molar-refractivity contribution in [3.05, 3.63) is 42.0 Å².